The van der Waals surface area contributed by atoms with E-state index in [4.69, 9.17) is 0 Å². The minimum absolute atomic E-state index is 0.309. The summed E-state index contributed by atoms with van der Waals surface area (Å²) < 4.78 is 1.95. The SMILES string of the molecule is [O-]/[N+](=C\c1ccccc1)[C@H]1CCCC[C@@H]1/[N+]([O-])=C\c1ccccc1. The van der Waals surface area contributed by atoms with Gasteiger partial charge in [-0.3, -0.25) is 0 Å². The zero-order chi connectivity index (χ0) is 16.8. The first-order valence-electron chi connectivity index (χ1n) is 8.45. The molecule has 124 valence electrons. The number of hydrogen-bond donors (Lipinski definition) is 0. The van der Waals surface area contributed by atoms with Gasteiger partial charge in [0.25, 0.3) is 0 Å². The van der Waals surface area contributed by atoms with Crippen LogP contribution in [0.3, 0.4) is 0 Å². The predicted molar refractivity (Wildman–Crippen MR) is 96.5 cm³/mol. The molecule has 1 aliphatic rings. The van der Waals surface area contributed by atoms with Gasteiger partial charge in [0, 0.05) is 24.0 Å². The van der Waals surface area contributed by atoms with Gasteiger partial charge in [-0.1, -0.05) is 36.4 Å². The Bertz CT molecular complexity index is 647. The summed E-state index contributed by atoms with van der Waals surface area (Å²) in [7, 11) is 0. The maximum atomic E-state index is 12.6. The van der Waals surface area contributed by atoms with E-state index in [1.165, 1.54) is 0 Å². The molecule has 0 radical (unpaired) electrons. The maximum Gasteiger partial charge on any atom is 0.224 e. The number of rotatable bonds is 4. The fraction of sp³-hybridized carbons (Fsp3) is 0.300. The molecule has 2 aromatic carbocycles. The molecule has 0 saturated heterocycles. The third-order valence-electron chi connectivity index (χ3n) is 4.50. The zero-order valence-corrected chi connectivity index (χ0v) is 13.6. The number of hydroxylamine groups is 2. The van der Waals surface area contributed by atoms with E-state index in [2.05, 4.69) is 0 Å². The van der Waals surface area contributed by atoms with Gasteiger partial charge in [0.05, 0.1) is 0 Å². The Morgan fingerprint density at radius 1 is 0.667 bits per heavy atom. The quantitative estimate of drug-likeness (QED) is 0.374. The molecule has 4 heteroatoms. The monoisotopic (exact) mass is 322 g/mol. The van der Waals surface area contributed by atoms with Crippen molar-refractivity contribution in [1.82, 2.24) is 0 Å². The summed E-state index contributed by atoms with van der Waals surface area (Å²) >= 11 is 0. The average molecular weight is 322 g/mol. The van der Waals surface area contributed by atoms with E-state index in [9.17, 15) is 10.4 Å². The first-order chi connectivity index (χ1) is 11.7. The number of hydrogen-bond acceptors (Lipinski definition) is 2. The highest BCUT2D eigenvalue weighted by atomic mass is 16.5. The smallest absolute Gasteiger partial charge is 0.224 e. The van der Waals surface area contributed by atoms with Crippen LogP contribution in [0.2, 0.25) is 0 Å². The molecule has 1 aliphatic carbocycles. The summed E-state index contributed by atoms with van der Waals surface area (Å²) in [6, 6.07) is 18.4. The van der Waals surface area contributed by atoms with Crippen LogP contribution in [0.4, 0.5) is 0 Å². The van der Waals surface area contributed by atoms with E-state index in [1.807, 2.05) is 60.7 Å². The van der Waals surface area contributed by atoms with Crippen molar-refractivity contribution in [1.29, 1.82) is 0 Å². The fourth-order valence-corrected chi connectivity index (χ4v) is 3.25. The second-order valence-corrected chi connectivity index (χ2v) is 6.22. The third-order valence-corrected chi connectivity index (χ3v) is 4.50. The van der Waals surface area contributed by atoms with Crippen molar-refractivity contribution in [2.24, 2.45) is 0 Å². The molecule has 0 amide bonds. The Kier molecular flexibility index (Phi) is 5.26. The highest BCUT2D eigenvalue weighted by molar-refractivity contribution is 5.76. The van der Waals surface area contributed by atoms with Gasteiger partial charge < -0.3 is 10.4 Å². The molecule has 4 nitrogen and oxygen atoms in total. The Morgan fingerprint density at radius 2 is 1.04 bits per heavy atom. The van der Waals surface area contributed by atoms with Crippen LogP contribution in [0.1, 0.15) is 36.8 Å². The van der Waals surface area contributed by atoms with Crippen molar-refractivity contribution < 1.29 is 9.48 Å². The first-order valence-corrected chi connectivity index (χ1v) is 8.45. The summed E-state index contributed by atoms with van der Waals surface area (Å²) in [5.74, 6) is 0. The minimum Gasteiger partial charge on any atom is -0.623 e. The lowest BCUT2D eigenvalue weighted by Gasteiger charge is -2.28. The molecule has 0 bridgehead atoms. The summed E-state index contributed by atoms with van der Waals surface area (Å²) in [6.45, 7) is 0. The summed E-state index contributed by atoms with van der Waals surface area (Å²) in [5, 5.41) is 25.2. The Morgan fingerprint density at radius 3 is 1.42 bits per heavy atom. The molecule has 2 atom stereocenters. The fourth-order valence-electron chi connectivity index (χ4n) is 3.25. The molecule has 0 spiro atoms. The Hall–Kier alpha value is -2.62. The summed E-state index contributed by atoms with van der Waals surface area (Å²) in [6.07, 6.45) is 6.67. The van der Waals surface area contributed by atoms with Crippen molar-refractivity contribution in [3.8, 4) is 0 Å². The van der Waals surface area contributed by atoms with Crippen molar-refractivity contribution in [2.75, 3.05) is 0 Å². The average Bonchev–Trinajstić information content (AvgIpc) is 2.63. The van der Waals surface area contributed by atoms with Crippen molar-refractivity contribution >= 4 is 12.4 Å². The van der Waals surface area contributed by atoms with Gasteiger partial charge in [-0.25, -0.2) is 9.48 Å². The standard InChI is InChI=1S/C20H22N2O2/c23-21(15-17-9-3-1-4-10-17)19-13-7-8-14-20(19)22(24)16-18-11-5-2-6-12-18/h1-6,9-12,15-16,19-20H,7-8,13-14H2/b21-15-,22-16+/t19-,20-/m0/s1. The molecule has 1 fully saturated rings. The van der Waals surface area contributed by atoms with E-state index in [0.29, 0.717) is 0 Å². The second kappa shape index (κ2) is 7.77. The normalized spacial score (nSPS) is 22.3. The Labute approximate surface area is 142 Å². The van der Waals surface area contributed by atoms with E-state index in [1.54, 1.807) is 12.4 Å². The van der Waals surface area contributed by atoms with E-state index in [0.717, 1.165) is 46.3 Å². The molecule has 0 N–H and O–H groups in total. The van der Waals surface area contributed by atoms with Crippen molar-refractivity contribution in [3.05, 3.63) is 82.2 Å². The first kappa shape index (κ1) is 16.2. The van der Waals surface area contributed by atoms with Gasteiger partial charge in [-0.2, -0.15) is 0 Å². The summed E-state index contributed by atoms with van der Waals surface area (Å²) in [5.41, 5.74) is 1.72. The van der Waals surface area contributed by atoms with Crippen molar-refractivity contribution in [3.63, 3.8) is 0 Å². The van der Waals surface area contributed by atoms with Crippen LogP contribution in [-0.4, -0.2) is 34.0 Å². The molecule has 0 unspecified atom stereocenters. The molecular formula is C20H22N2O2. The lowest BCUT2D eigenvalue weighted by molar-refractivity contribution is -0.598. The van der Waals surface area contributed by atoms with Gasteiger partial charge in [-0.15, -0.1) is 0 Å². The van der Waals surface area contributed by atoms with Crippen molar-refractivity contribution in [2.45, 2.75) is 37.8 Å². The molecule has 24 heavy (non-hydrogen) atoms. The lowest BCUT2D eigenvalue weighted by Crippen LogP contribution is -2.44. The van der Waals surface area contributed by atoms with Crippen LogP contribution in [0, 0.1) is 10.4 Å². The van der Waals surface area contributed by atoms with Crippen LogP contribution in [0.15, 0.2) is 60.7 Å². The lowest BCUT2D eigenvalue weighted by atomic mass is 9.90. The highest BCUT2D eigenvalue weighted by Crippen LogP contribution is 2.23. The van der Waals surface area contributed by atoms with Gasteiger partial charge in [0.2, 0.25) is 12.1 Å². The number of benzene rings is 2. The van der Waals surface area contributed by atoms with Crippen LogP contribution in [0.25, 0.3) is 0 Å². The zero-order valence-electron chi connectivity index (χ0n) is 13.6. The molecule has 3 rings (SSSR count). The van der Waals surface area contributed by atoms with E-state index >= 15 is 0 Å². The largest absolute Gasteiger partial charge is 0.623 e. The van der Waals surface area contributed by atoms with Crippen LogP contribution >= 0.6 is 0 Å². The topological polar surface area (TPSA) is 52.1 Å². The van der Waals surface area contributed by atoms with Gasteiger partial charge in [0.15, 0.2) is 12.4 Å². The third kappa shape index (κ3) is 4.02. The second-order valence-electron chi connectivity index (χ2n) is 6.22. The maximum absolute atomic E-state index is 12.6. The molecule has 0 aliphatic heterocycles. The van der Waals surface area contributed by atoms with Gasteiger partial charge >= 0.3 is 0 Å². The molecule has 0 heterocycles. The van der Waals surface area contributed by atoms with Crippen LogP contribution in [-0.2, 0) is 0 Å². The summed E-state index contributed by atoms with van der Waals surface area (Å²) in [4.78, 5) is 0. The van der Waals surface area contributed by atoms with E-state index < -0.39 is 0 Å². The molecule has 2 aromatic rings. The Balaban J connectivity index is 1.83. The van der Waals surface area contributed by atoms with Crippen LogP contribution < -0.4 is 0 Å². The predicted octanol–water partition coefficient (Wildman–Crippen LogP) is 3.56. The van der Waals surface area contributed by atoms with Crippen LogP contribution in [0.5, 0.6) is 0 Å². The molecule has 1 saturated carbocycles. The molecule has 0 aromatic heterocycles. The van der Waals surface area contributed by atoms with E-state index in [-0.39, 0.29) is 12.1 Å². The molecular weight excluding hydrogens is 300 g/mol. The van der Waals surface area contributed by atoms with Gasteiger partial charge in [-0.05, 0) is 37.1 Å². The number of nitrogens with zero attached hydrogens (tertiary/aromatic N) is 2. The van der Waals surface area contributed by atoms with Gasteiger partial charge in [0.1, 0.15) is 0 Å². The minimum atomic E-state index is -0.309. The highest BCUT2D eigenvalue weighted by Gasteiger charge is 2.37.